The van der Waals surface area contributed by atoms with Crippen LogP contribution >= 0.6 is 0 Å². The third kappa shape index (κ3) is 5.47. The highest BCUT2D eigenvalue weighted by Gasteiger charge is 2.18. The summed E-state index contributed by atoms with van der Waals surface area (Å²) in [5.74, 6) is 0.618. The second-order valence-electron chi connectivity index (χ2n) is 4.36. The number of carbonyl (C=O) groups excluding carboxylic acids is 1. The van der Waals surface area contributed by atoms with Crippen LogP contribution in [0.25, 0.3) is 0 Å². The van der Waals surface area contributed by atoms with Crippen molar-refractivity contribution in [2.45, 2.75) is 39.7 Å². The van der Waals surface area contributed by atoms with Gasteiger partial charge < -0.3 is 15.4 Å². The molecule has 0 saturated heterocycles. The van der Waals surface area contributed by atoms with Crippen molar-refractivity contribution >= 4 is 5.91 Å². The van der Waals surface area contributed by atoms with Crippen LogP contribution in [0.2, 0.25) is 0 Å². The Kier molecular flexibility index (Phi) is 8.21. The van der Waals surface area contributed by atoms with Gasteiger partial charge in [-0.05, 0) is 32.7 Å². The van der Waals surface area contributed by atoms with Gasteiger partial charge in [0, 0.05) is 20.1 Å². The molecule has 0 aliphatic rings. The van der Waals surface area contributed by atoms with Crippen molar-refractivity contribution in [3.63, 3.8) is 0 Å². The van der Waals surface area contributed by atoms with E-state index in [0.29, 0.717) is 25.5 Å². The first-order valence-electron chi connectivity index (χ1n) is 6.05. The van der Waals surface area contributed by atoms with Crippen LogP contribution in [0.4, 0.5) is 0 Å². The number of amides is 1. The third-order valence-corrected chi connectivity index (χ3v) is 2.85. The number of nitrogens with two attached hydrogens (primary N) is 1. The molecule has 4 heteroatoms. The highest BCUT2D eigenvalue weighted by atomic mass is 16.5. The molecule has 0 radical (unpaired) electrons. The van der Waals surface area contributed by atoms with Crippen molar-refractivity contribution < 1.29 is 9.53 Å². The Balaban J connectivity index is 4.10. The van der Waals surface area contributed by atoms with Gasteiger partial charge in [0.15, 0.2) is 0 Å². The molecule has 0 spiro atoms. The van der Waals surface area contributed by atoms with Crippen molar-refractivity contribution in [1.29, 1.82) is 0 Å². The average Bonchev–Trinajstić information content (AvgIpc) is 2.27. The van der Waals surface area contributed by atoms with Crippen LogP contribution in [-0.2, 0) is 9.53 Å². The molecular weight excluding hydrogens is 204 g/mol. The summed E-state index contributed by atoms with van der Waals surface area (Å²) in [6, 6.07) is 0.149. The third-order valence-electron chi connectivity index (χ3n) is 2.85. The lowest BCUT2D eigenvalue weighted by Gasteiger charge is -2.28. The lowest BCUT2D eigenvalue weighted by molar-refractivity contribution is -0.134. The normalized spacial score (nSPS) is 14.6. The minimum Gasteiger partial charge on any atom is -0.383 e. The van der Waals surface area contributed by atoms with Crippen LogP contribution in [0, 0.1) is 5.92 Å². The summed E-state index contributed by atoms with van der Waals surface area (Å²) in [6.45, 7) is 8.05. The molecule has 16 heavy (non-hydrogen) atoms. The maximum absolute atomic E-state index is 11.9. The van der Waals surface area contributed by atoms with Gasteiger partial charge in [0.2, 0.25) is 5.91 Å². The van der Waals surface area contributed by atoms with E-state index in [1.54, 1.807) is 7.11 Å². The SMILES string of the molecule is CCN(C(=O)CCC(C)CN)C(C)COC. The fourth-order valence-corrected chi connectivity index (χ4v) is 1.70. The molecule has 0 saturated carbocycles. The zero-order chi connectivity index (χ0) is 12.6. The molecule has 0 aromatic rings. The summed E-state index contributed by atoms with van der Waals surface area (Å²) in [6.07, 6.45) is 1.45. The van der Waals surface area contributed by atoms with Crippen LogP contribution in [0.5, 0.6) is 0 Å². The van der Waals surface area contributed by atoms with E-state index in [-0.39, 0.29) is 11.9 Å². The van der Waals surface area contributed by atoms with Crippen molar-refractivity contribution in [1.82, 2.24) is 4.90 Å². The molecular formula is C12H26N2O2. The fraction of sp³-hybridized carbons (Fsp3) is 0.917. The zero-order valence-electron chi connectivity index (χ0n) is 11.0. The van der Waals surface area contributed by atoms with Gasteiger partial charge in [0.05, 0.1) is 12.6 Å². The Bertz CT molecular complexity index is 197. The summed E-state index contributed by atoms with van der Waals surface area (Å²) in [5, 5.41) is 0. The molecule has 0 rings (SSSR count). The Hall–Kier alpha value is -0.610. The maximum atomic E-state index is 11.9. The van der Waals surface area contributed by atoms with E-state index in [9.17, 15) is 4.79 Å². The molecule has 0 aliphatic heterocycles. The van der Waals surface area contributed by atoms with Gasteiger partial charge in [-0.2, -0.15) is 0 Å². The molecule has 0 aromatic heterocycles. The first kappa shape index (κ1) is 15.4. The number of ether oxygens (including phenoxy) is 1. The number of hydrogen-bond acceptors (Lipinski definition) is 3. The number of likely N-dealkylation sites (N-methyl/N-ethyl adjacent to an activating group) is 1. The Labute approximate surface area is 99.1 Å². The Morgan fingerprint density at radius 1 is 1.44 bits per heavy atom. The minimum atomic E-state index is 0.149. The molecule has 0 fully saturated rings. The van der Waals surface area contributed by atoms with E-state index in [4.69, 9.17) is 10.5 Å². The largest absolute Gasteiger partial charge is 0.383 e. The molecule has 96 valence electrons. The van der Waals surface area contributed by atoms with Gasteiger partial charge in [-0.15, -0.1) is 0 Å². The van der Waals surface area contributed by atoms with Crippen LogP contribution in [0.3, 0.4) is 0 Å². The first-order chi connectivity index (χ1) is 7.56. The summed E-state index contributed by atoms with van der Waals surface area (Å²) >= 11 is 0. The maximum Gasteiger partial charge on any atom is 0.222 e. The Morgan fingerprint density at radius 3 is 2.50 bits per heavy atom. The highest BCUT2D eigenvalue weighted by Crippen LogP contribution is 2.08. The van der Waals surface area contributed by atoms with E-state index in [0.717, 1.165) is 13.0 Å². The summed E-state index contributed by atoms with van der Waals surface area (Å²) in [5.41, 5.74) is 5.53. The second-order valence-corrected chi connectivity index (χ2v) is 4.36. The van der Waals surface area contributed by atoms with Crippen molar-refractivity contribution in [3.05, 3.63) is 0 Å². The summed E-state index contributed by atoms with van der Waals surface area (Å²) in [4.78, 5) is 13.8. The van der Waals surface area contributed by atoms with Gasteiger partial charge >= 0.3 is 0 Å². The quantitative estimate of drug-likeness (QED) is 0.682. The van der Waals surface area contributed by atoms with E-state index < -0.39 is 0 Å². The van der Waals surface area contributed by atoms with Gasteiger partial charge in [-0.25, -0.2) is 0 Å². The average molecular weight is 230 g/mol. The number of nitrogens with zero attached hydrogens (tertiary/aromatic N) is 1. The highest BCUT2D eigenvalue weighted by molar-refractivity contribution is 5.76. The van der Waals surface area contributed by atoms with Crippen molar-refractivity contribution in [3.8, 4) is 0 Å². The topological polar surface area (TPSA) is 55.6 Å². The van der Waals surface area contributed by atoms with Crippen LogP contribution < -0.4 is 5.73 Å². The minimum absolute atomic E-state index is 0.149. The van der Waals surface area contributed by atoms with Gasteiger partial charge in [0.25, 0.3) is 0 Å². The van der Waals surface area contributed by atoms with Crippen molar-refractivity contribution in [2.24, 2.45) is 11.7 Å². The smallest absolute Gasteiger partial charge is 0.222 e. The molecule has 4 nitrogen and oxygen atoms in total. The van der Waals surface area contributed by atoms with Crippen LogP contribution in [-0.4, -0.2) is 43.7 Å². The van der Waals surface area contributed by atoms with E-state index >= 15 is 0 Å². The first-order valence-corrected chi connectivity index (χ1v) is 6.05. The lowest BCUT2D eigenvalue weighted by Crippen LogP contribution is -2.41. The standard InChI is InChI=1S/C12H26N2O2/c1-5-14(11(3)9-16-4)12(15)7-6-10(2)8-13/h10-11H,5-9,13H2,1-4H3. The summed E-state index contributed by atoms with van der Waals surface area (Å²) < 4.78 is 5.07. The van der Waals surface area contributed by atoms with Gasteiger partial charge in [-0.3, -0.25) is 4.79 Å². The predicted octanol–water partition coefficient (Wildman–Crippen LogP) is 1.24. The van der Waals surface area contributed by atoms with Crippen molar-refractivity contribution in [2.75, 3.05) is 26.8 Å². The monoisotopic (exact) mass is 230 g/mol. The molecule has 2 atom stereocenters. The summed E-state index contributed by atoms with van der Waals surface area (Å²) in [7, 11) is 1.66. The fourth-order valence-electron chi connectivity index (χ4n) is 1.70. The number of carbonyl (C=O) groups is 1. The number of rotatable bonds is 8. The van der Waals surface area contributed by atoms with Gasteiger partial charge in [-0.1, -0.05) is 6.92 Å². The molecule has 0 heterocycles. The Morgan fingerprint density at radius 2 is 2.06 bits per heavy atom. The number of methoxy groups -OCH3 is 1. The molecule has 1 amide bonds. The molecule has 0 aliphatic carbocycles. The van der Waals surface area contributed by atoms with E-state index in [1.807, 2.05) is 18.7 Å². The second kappa shape index (κ2) is 8.53. The number of hydrogen-bond donors (Lipinski definition) is 1. The van der Waals surface area contributed by atoms with Crippen LogP contribution in [0.15, 0.2) is 0 Å². The molecule has 2 N–H and O–H groups in total. The van der Waals surface area contributed by atoms with E-state index in [2.05, 4.69) is 6.92 Å². The molecule has 2 unspecified atom stereocenters. The predicted molar refractivity (Wildman–Crippen MR) is 66.2 cm³/mol. The van der Waals surface area contributed by atoms with Gasteiger partial charge in [0.1, 0.15) is 0 Å². The van der Waals surface area contributed by atoms with Crippen LogP contribution in [0.1, 0.15) is 33.6 Å². The lowest BCUT2D eigenvalue weighted by atomic mass is 10.1. The molecule has 0 aromatic carbocycles. The molecule has 0 bridgehead atoms. The zero-order valence-corrected chi connectivity index (χ0v) is 11.0. The van der Waals surface area contributed by atoms with E-state index in [1.165, 1.54) is 0 Å².